The Morgan fingerprint density at radius 3 is 2.57 bits per heavy atom. The van der Waals surface area contributed by atoms with Gasteiger partial charge in [0.1, 0.15) is 5.75 Å². The highest BCUT2D eigenvalue weighted by Crippen LogP contribution is 2.19. The Kier molecular flexibility index (Phi) is 3.13. The second kappa shape index (κ2) is 3.98. The van der Waals surface area contributed by atoms with Crippen molar-refractivity contribution in [3.63, 3.8) is 0 Å². The predicted octanol–water partition coefficient (Wildman–Crippen LogP) is 1.08. The molecule has 78 valence electrons. The van der Waals surface area contributed by atoms with Crippen molar-refractivity contribution >= 4 is 10.1 Å². The van der Waals surface area contributed by atoms with Crippen molar-refractivity contribution in [2.45, 2.75) is 13.0 Å². The number of benzene rings is 1. The van der Waals surface area contributed by atoms with E-state index in [9.17, 15) is 13.5 Å². The Labute approximate surface area is 83.3 Å². The molecule has 0 saturated carbocycles. The maximum Gasteiger partial charge on any atom is 0.306 e. The Bertz CT molecular complexity index is 409. The van der Waals surface area contributed by atoms with Gasteiger partial charge >= 0.3 is 10.1 Å². The van der Waals surface area contributed by atoms with Gasteiger partial charge in [0, 0.05) is 0 Å². The molecule has 0 fully saturated rings. The largest absolute Gasteiger partial charge is 0.389 e. The summed E-state index contributed by atoms with van der Waals surface area (Å²) in [6, 6.07) is 6.33. The zero-order valence-electron chi connectivity index (χ0n) is 7.97. The molecule has 1 aromatic rings. The molecule has 0 spiro atoms. The van der Waals surface area contributed by atoms with Crippen LogP contribution in [0.2, 0.25) is 0 Å². The van der Waals surface area contributed by atoms with Gasteiger partial charge in [-0.15, -0.1) is 0 Å². The van der Waals surface area contributed by atoms with Crippen LogP contribution < -0.4 is 4.18 Å². The summed E-state index contributed by atoms with van der Waals surface area (Å²) in [4.78, 5) is 0. The molecule has 0 aliphatic carbocycles. The van der Waals surface area contributed by atoms with Gasteiger partial charge in [0.05, 0.1) is 12.4 Å². The van der Waals surface area contributed by atoms with E-state index in [-0.39, 0.29) is 5.75 Å². The average molecular weight is 216 g/mol. The SMILES string of the molecule is C[C@H](O)c1cccc(OS(C)(=O)=O)c1. The summed E-state index contributed by atoms with van der Waals surface area (Å²) < 4.78 is 26.2. The minimum atomic E-state index is -3.50. The fraction of sp³-hybridized carbons (Fsp3) is 0.333. The fourth-order valence-electron chi connectivity index (χ4n) is 1.00. The molecule has 0 aromatic heterocycles. The molecule has 14 heavy (non-hydrogen) atoms. The topological polar surface area (TPSA) is 63.6 Å². The maximum absolute atomic E-state index is 10.8. The van der Waals surface area contributed by atoms with Gasteiger partial charge in [0.25, 0.3) is 0 Å². The molecular formula is C9H12O4S. The lowest BCUT2D eigenvalue weighted by molar-refractivity contribution is 0.199. The molecule has 0 saturated heterocycles. The molecule has 0 radical (unpaired) electrons. The van der Waals surface area contributed by atoms with Crippen molar-refractivity contribution in [3.8, 4) is 5.75 Å². The van der Waals surface area contributed by atoms with E-state index < -0.39 is 16.2 Å². The Morgan fingerprint density at radius 1 is 1.43 bits per heavy atom. The van der Waals surface area contributed by atoms with E-state index in [4.69, 9.17) is 0 Å². The third-order valence-corrected chi connectivity index (χ3v) is 2.08. The minimum absolute atomic E-state index is 0.214. The van der Waals surface area contributed by atoms with E-state index in [0.29, 0.717) is 5.56 Å². The van der Waals surface area contributed by atoms with Crippen LogP contribution in [0.3, 0.4) is 0 Å². The Hall–Kier alpha value is -1.07. The van der Waals surface area contributed by atoms with E-state index in [2.05, 4.69) is 4.18 Å². The molecule has 1 N–H and O–H groups in total. The first-order valence-corrected chi connectivity index (χ1v) is 5.87. The van der Waals surface area contributed by atoms with Gasteiger partial charge in [0.2, 0.25) is 0 Å². The summed E-state index contributed by atoms with van der Waals surface area (Å²) in [5.41, 5.74) is 0.617. The first-order valence-electron chi connectivity index (χ1n) is 4.06. The average Bonchev–Trinajstić information content (AvgIpc) is 2.01. The van der Waals surface area contributed by atoms with E-state index in [1.807, 2.05) is 0 Å². The van der Waals surface area contributed by atoms with Gasteiger partial charge in [-0.05, 0) is 24.6 Å². The molecule has 0 heterocycles. The highest BCUT2D eigenvalue weighted by atomic mass is 32.2. The van der Waals surface area contributed by atoms with Crippen LogP contribution in [0.5, 0.6) is 5.75 Å². The van der Waals surface area contributed by atoms with E-state index in [1.54, 1.807) is 19.1 Å². The van der Waals surface area contributed by atoms with Gasteiger partial charge in [-0.3, -0.25) is 0 Å². The van der Waals surface area contributed by atoms with Gasteiger partial charge in [0.15, 0.2) is 0 Å². The third-order valence-electron chi connectivity index (χ3n) is 1.59. The van der Waals surface area contributed by atoms with Crippen molar-refractivity contribution in [3.05, 3.63) is 29.8 Å². The second-order valence-electron chi connectivity index (χ2n) is 3.04. The molecule has 1 aromatic carbocycles. The third kappa shape index (κ3) is 3.35. The highest BCUT2D eigenvalue weighted by molar-refractivity contribution is 7.86. The van der Waals surface area contributed by atoms with Crippen LogP contribution in [0.25, 0.3) is 0 Å². The zero-order valence-corrected chi connectivity index (χ0v) is 8.78. The smallest absolute Gasteiger partial charge is 0.306 e. The van der Waals surface area contributed by atoms with Gasteiger partial charge in [-0.25, -0.2) is 0 Å². The number of aliphatic hydroxyl groups excluding tert-OH is 1. The molecule has 4 nitrogen and oxygen atoms in total. The molecule has 5 heteroatoms. The summed E-state index contributed by atoms with van der Waals surface area (Å²) in [6.07, 6.45) is 0.334. The molecule has 1 rings (SSSR count). The van der Waals surface area contributed by atoms with Gasteiger partial charge in [-0.1, -0.05) is 12.1 Å². The lowest BCUT2D eigenvalue weighted by Gasteiger charge is -2.07. The van der Waals surface area contributed by atoms with E-state index >= 15 is 0 Å². The van der Waals surface area contributed by atoms with Crippen LogP contribution in [0.15, 0.2) is 24.3 Å². The molecule has 0 unspecified atom stereocenters. The van der Waals surface area contributed by atoms with Gasteiger partial charge < -0.3 is 9.29 Å². The Morgan fingerprint density at radius 2 is 2.07 bits per heavy atom. The van der Waals surface area contributed by atoms with Crippen LogP contribution in [0.4, 0.5) is 0 Å². The zero-order chi connectivity index (χ0) is 10.8. The quantitative estimate of drug-likeness (QED) is 0.768. The lowest BCUT2D eigenvalue weighted by Crippen LogP contribution is -2.06. The molecular weight excluding hydrogens is 204 g/mol. The number of rotatable bonds is 3. The second-order valence-corrected chi connectivity index (χ2v) is 4.61. The lowest BCUT2D eigenvalue weighted by atomic mass is 10.1. The monoisotopic (exact) mass is 216 g/mol. The standard InChI is InChI=1S/C9H12O4S/c1-7(10)8-4-3-5-9(6-8)13-14(2,11)12/h3-7,10H,1-2H3/t7-/m0/s1. The predicted molar refractivity (Wildman–Crippen MR) is 52.5 cm³/mol. The maximum atomic E-state index is 10.8. The Balaban J connectivity index is 2.95. The summed E-state index contributed by atoms with van der Waals surface area (Å²) >= 11 is 0. The molecule has 0 bridgehead atoms. The number of hydrogen-bond acceptors (Lipinski definition) is 4. The molecule has 0 aliphatic rings. The summed E-state index contributed by atoms with van der Waals surface area (Å²) in [5, 5.41) is 9.24. The summed E-state index contributed by atoms with van der Waals surface area (Å²) in [7, 11) is -3.50. The van der Waals surface area contributed by atoms with Crippen LogP contribution >= 0.6 is 0 Å². The van der Waals surface area contributed by atoms with Crippen LogP contribution in [0.1, 0.15) is 18.6 Å². The summed E-state index contributed by atoms with van der Waals surface area (Å²) in [5.74, 6) is 0.214. The first-order chi connectivity index (χ1) is 6.38. The van der Waals surface area contributed by atoms with Crippen LogP contribution in [0, 0.1) is 0 Å². The summed E-state index contributed by atoms with van der Waals surface area (Å²) in [6.45, 7) is 1.60. The minimum Gasteiger partial charge on any atom is -0.389 e. The molecule has 1 atom stereocenters. The highest BCUT2D eigenvalue weighted by Gasteiger charge is 2.06. The first kappa shape index (κ1) is 11.0. The van der Waals surface area contributed by atoms with Crippen molar-refractivity contribution in [1.82, 2.24) is 0 Å². The van der Waals surface area contributed by atoms with Crippen molar-refractivity contribution in [2.24, 2.45) is 0 Å². The van der Waals surface area contributed by atoms with Crippen molar-refractivity contribution in [1.29, 1.82) is 0 Å². The normalized spacial score (nSPS) is 13.6. The van der Waals surface area contributed by atoms with Crippen molar-refractivity contribution < 1.29 is 17.7 Å². The van der Waals surface area contributed by atoms with Gasteiger partial charge in [-0.2, -0.15) is 8.42 Å². The number of hydrogen-bond donors (Lipinski definition) is 1. The van der Waals surface area contributed by atoms with Crippen LogP contribution in [-0.4, -0.2) is 19.8 Å². The fourth-order valence-corrected chi connectivity index (χ4v) is 1.45. The number of aliphatic hydroxyl groups is 1. The molecule has 0 amide bonds. The van der Waals surface area contributed by atoms with Crippen LogP contribution in [-0.2, 0) is 10.1 Å². The van der Waals surface area contributed by atoms with E-state index in [0.717, 1.165) is 6.26 Å². The van der Waals surface area contributed by atoms with Crippen molar-refractivity contribution in [2.75, 3.05) is 6.26 Å². The molecule has 0 aliphatic heterocycles. The van der Waals surface area contributed by atoms with E-state index in [1.165, 1.54) is 12.1 Å².